The molecule has 0 atom stereocenters. The Morgan fingerprint density at radius 3 is 2.20 bits per heavy atom. The molecule has 0 N–H and O–H groups in total. The number of methoxy groups -OCH3 is 3. The molecular formula is C17H22N4O4. The molecule has 0 saturated carbocycles. The lowest BCUT2D eigenvalue weighted by Crippen LogP contribution is -2.39. The lowest BCUT2D eigenvalue weighted by atomic mass is 10.0. The van der Waals surface area contributed by atoms with Crippen molar-refractivity contribution < 1.29 is 19.0 Å². The molecule has 8 heteroatoms. The average molecular weight is 346 g/mol. The zero-order valence-corrected chi connectivity index (χ0v) is 14.6. The molecular weight excluding hydrogens is 324 g/mol. The number of ether oxygens (including phenoxy) is 3. The van der Waals surface area contributed by atoms with E-state index in [9.17, 15) is 4.79 Å². The quantitative estimate of drug-likeness (QED) is 0.821. The summed E-state index contributed by atoms with van der Waals surface area (Å²) in [6, 6.07) is 3.66. The molecule has 1 saturated heterocycles. The van der Waals surface area contributed by atoms with Gasteiger partial charge in [-0.3, -0.25) is 4.79 Å². The van der Waals surface area contributed by atoms with Crippen molar-refractivity contribution in [2.45, 2.75) is 18.9 Å². The summed E-state index contributed by atoms with van der Waals surface area (Å²) in [6.07, 6.45) is 4.98. The third-order valence-electron chi connectivity index (χ3n) is 4.45. The van der Waals surface area contributed by atoms with Gasteiger partial charge in [-0.2, -0.15) is 15.0 Å². The van der Waals surface area contributed by atoms with Gasteiger partial charge in [-0.1, -0.05) is 0 Å². The Kier molecular flexibility index (Phi) is 5.06. The van der Waals surface area contributed by atoms with Crippen LogP contribution in [0.4, 0.5) is 0 Å². The fraction of sp³-hybridized carbons (Fsp3) is 0.471. The first-order valence-electron chi connectivity index (χ1n) is 8.13. The molecule has 3 rings (SSSR count). The van der Waals surface area contributed by atoms with E-state index < -0.39 is 0 Å². The summed E-state index contributed by atoms with van der Waals surface area (Å²) in [6.45, 7) is 1.28. The van der Waals surface area contributed by atoms with Crippen LogP contribution in [0.5, 0.6) is 17.2 Å². The fourth-order valence-corrected chi connectivity index (χ4v) is 3.15. The minimum absolute atomic E-state index is 0.0790. The molecule has 1 aliphatic heterocycles. The summed E-state index contributed by atoms with van der Waals surface area (Å²) in [5, 5.41) is 8.38. The normalized spacial score (nSPS) is 15.1. The van der Waals surface area contributed by atoms with Crippen molar-refractivity contribution in [2.75, 3.05) is 34.4 Å². The van der Waals surface area contributed by atoms with Crippen LogP contribution >= 0.6 is 0 Å². The third-order valence-corrected chi connectivity index (χ3v) is 4.45. The number of benzene rings is 1. The second-order valence-corrected chi connectivity index (χ2v) is 5.75. The van der Waals surface area contributed by atoms with Gasteiger partial charge in [0.25, 0.3) is 5.91 Å². The molecule has 134 valence electrons. The lowest BCUT2D eigenvalue weighted by molar-refractivity contribution is 0.0679. The summed E-state index contributed by atoms with van der Waals surface area (Å²) < 4.78 is 16.1. The molecule has 2 heterocycles. The highest BCUT2D eigenvalue weighted by atomic mass is 16.5. The molecule has 1 aromatic heterocycles. The molecule has 1 fully saturated rings. The Bertz CT molecular complexity index is 724. The number of hydrogen-bond acceptors (Lipinski definition) is 6. The Balaban J connectivity index is 1.78. The van der Waals surface area contributed by atoms with Crippen LogP contribution in [-0.2, 0) is 0 Å². The van der Waals surface area contributed by atoms with Gasteiger partial charge in [0.2, 0.25) is 5.75 Å². The Morgan fingerprint density at radius 1 is 1.00 bits per heavy atom. The van der Waals surface area contributed by atoms with E-state index in [0.717, 1.165) is 12.8 Å². The topological polar surface area (TPSA) is 78.7 Å². The van der Waals surface area contributed by atoms with Crippen molar-refractivity contribution in [1.29, 1.82) is 0 Å². The lowest BCUT2D eigenvalue weighted by Gasteiger charge is -2.32. The average Bonchev–Trinajstić information content (AvgIpc) is 3.21. The van der Waals surface area contributed by atoms with Crippen molar-refractivity contribution in [1.82, 2.24) is 19.9 Å². The molecule has 0 bridgehead atoms. The number of rotatable bonds is 5. The largest absolute Gasteiger partial charge is 0.493 e. The number of hydrogen-bond donors (Lipinski definition) is 0. The van der Waals surface area contributed by atoms with Gasteiger partial charge in [-0.15, -0.1) is 0 Å². The number of aromatic nitrogens is 3. The molecule has 2 aromatic rings. The van der Waals surface area contributed by atoms with Gasteiger partial charge in [0.1, 0.15) is 0 Å². The van der Waals surface area contributed by atoms with Gasteiger partial charge in [0.15, 0.2) is 11.5 Å². The molecule has 1 aromatic carbocycles. The third kappa shape index (κ3) is 3.24. The van der Waals surface area contributed by atoms with Gasteiger partial charge in [0.05, 0.1) is 45.3 Å². The second-order valence-electron chi connectivity index (χ2n) is 5.75. The highest BCUT2D eigenvalue weighted by Crippen LogP contribution is 2.40. The van der Waals surface area contributed by atoms with E-state index in [2.05, 4.69) is 10.2 Å². The first kappa shape index (κ1) is 17.1. The number of amides is 1. The molecule has 8 nitrogen and oxygen atoms in total. The van der Waals surface area contributed by atoms with Crippen LogP contribution in [0.15, 0.2) is 24.5 Å². The van der Waals surface area contributed by atoms with Crippen molar-refractivity contribution in [3.05, 3.63) is 30.1 Å². The Labute approximate surface area is 146 Å². The highest BCUT2D eigenvalue weighted by Gasteiger charge is 2.28. The predicted octanol–water partition coefficient (Wildman–Crippen LogP) is 1.78. The maximum Gasteiger partial charge on any atom is 0.257 e. The second kappa shape index (κ2) is 7.42. The summed E-state index contributed by atoms with van der Waals surface area (Å²) in [7, 11) is 4.59. The SMILES string of the molecule is COc1ccc(C(=O)N2CCC(n3nccn3)CC2)c(OC)c1OC. The van der Waals surface area contributed by atoms with Crippen LogP contribution in [-0.4, -0.2) is 60.2 Å². The first-order valence-corrected chi connectivity index (χ1v) is 8.13. The maximum atomic E-state index is 13.0. The Morgan fingerprint density at radius 2 is 1.64 bits per heavy atom. The van der Waals surface area contributed by atoms with Crippen LogP contribution in [0.2, 0.25) is 0 Å². The number of carbonyl (C=O) groups is 1. The van der Waals surface area contributed by atoms with E-state index in [4.69, 9.17) is 14.2 Å². The number of carbonyl (C=O) groups excluding carboxylic acids is 1. The zero-order valence-electron chi connectivity index (χ0n) is 14.6. The maximum absolute atomic E-state index is 13.0. The van der Waals surface area contributed by atoms with Gasteiger partial charge in [0, 0.05) is 13.1 Å². The fourth-order valence-electron chi connectivity index (χ4n) is 3.15. The zero-order chi connectivity index (χ0) is 17.8. The summed E-state index contributed by atoms with van der Waals surface area (Å²) in [5.41, 5.74) is 0.468. The van der Waals surface area contributed by atoms with E-state index in [0.29, 0.717) is 35.9 Å². The minimum atomic E-state index is -0.0790. The van der Waals surface area contributed by atoms with Crippen molar-refractivity contribution >= 4 is 5.91 Å². The van der Waals surface area contributed by atoms with Crippen LogP contribution in [0.1, 0.15) is 29.2 Å². The van der Waals surface area contributed by atoms with Crippen LogP contribution in [0.25, 0.3) is 0 Å². The highest BCUT2D eigenvalue weighted by molar-refractivity contribution is 5.98. The van der Waals surface area contributed by atoms with Crippen molar-refractivity contribution in [2.24, 2.45) is 0 Å². The van der Waals surface area contributed by atoms with Gasteiger partial charge < -0.3 is 19.1 Å². The van der Waals surface area contributed by atoms with E-state index >= 15 is 0 Å². The molecule has 1 aliphatic rings. The van der Waals surface area contributed by atoms with Gasteiger partial charge in [-0.25, -0.2) is 0 Å². The molecule has 0 aliphatic carbocycles. The smallest absolute Gasteiger partial charge is 0.257 e. The molecule has 0 spiro atoms. The molecule has 0 unspecified atom stereocenters. The minimum Gasteiger partial charge on any atom is -0.493 e. The monoisotopic (exact) mass is 346 g/mol. The number of likely N-dealkylation sites (tertiary alicyclic amines) is 1. The predicted molar refractivity (Wildman–Crippen MR) is 90.3 cm³/mol. The molecule has 0 radical (unpaired) electrons. The van der Waals surface area contributed by atoms with Gasteiger partial charge >= 0.3 is 0 Å². The standard InChI is InChI=1S/C17H22N4O4/c1-23-14-5-4-13(15(24-2)16(14)25-3)17(22)20-10-6-12(7-11-20)21-18-8-9-19-21/h4-5,8-9,12H,6-7,10-11H2,1-3H3. The van der Waals surface area contributed by atoms with E-state index in [1.807, 2.05) is 4.90 Å². The van der Waals surface area contributed by atoms with Gasteiger partial charge in [-0.05, 0) is 25.0 Å². The van der Waals surface area contributed by atoms with Crippen LogP contribution in [0, 0.1) is 0 Å². The van der Waals surface area contributed by atoms with E-state index in [-0.39, 0.29) is 11.9 Å². The molecule has 1 amide bonds. The number of nitrogens with zero attached hydrogens (tertiary/aromatic N) is 4. The van der Waals surface area contributed by atoms with Crippen LogP contribution < -0.4 is 14.2 Å². The molecule has 25 heavy (non-hydrogen) atoms. The summed E-state index contributed by atoms with van der Waals surface area (Å²) in [4.78, 5) is 16.5. The van der Waals surface area contributed by atoms with Crippen LogP contribution in [0.3, 0.4) is 0 Å². The Hall–Kier alpha value is -2.77. The summed E-state index contributed by atoms with van der Waals surface area (Å²) in [5.74, 6) is 1.26. The number of piperidine rings is 1. The van der Waals surface area contributed by atoms with E-state index in [1.54, 1.807) is 36.4 Å². The summed E-state index contributed by atoms with van der Waals surface area (Å²) >= 11 is 0. The van der Waals surface area contributed by atoms with Crippen molar-refractivity contribution in [3.8, 4) is 17.2 Å². The van der Waals surface area contributed by atoms with Crippen molar-refractivity contribution in [3.63, 3.8) is 0 Å². The van der Waals surface area contributed by atoms with E-state index in [1.165, 1.54) is 14.2 Å². The first-order chi connectivity index (χ1) is 12.2.